The second kappa shape index (κ2) is 13.9. The van der Waals surface area contributed by atoms with Crippen molar-refractivity contribution in [3.05, 3.63) is 0 Å². The summed E-state index contributed by atoms with van der Waals surface area (Å²) < 4.78 is 32.8. The minimum absolute atomic E-state index is 0. The van der Waals surface area contributed by atoms with Gasteiger partial charge < -0.3 is 11.6 Å². The number of hydrogen-bond donors (Lipinski definition) is 2. The highest BCUT2D eigenvalue weighted by Gasteiger charge is 2.02. The Balaban J connectivity index is -0.000000980. The Labute approximate surface area is 105 Å². The van der Waals surface area contributed by atoms with Crippen molar-refractivity contribution in [3.8, 4) is 0 Å². The monoisotopic (exact) mass is 273 g/mol. The SMILES string of the molecule is CCCCCCCCCCOS(=O)(=O)O.N.O. The van der Waals surface area contributed by atoms with Crippen molar-refractivity contribution in [1.82, 2.24) is 6.15 Å². The van der Waals surface area contributed by atoms with Gasteiger partial charge in [0.05, 0.1) is 6.61 Å². The van der Waals surface area contributed by atoms with Crippen LogP contribution in [0, 0.1) is 0 Å². The van der Waals surface area contributed by atoms with Crippen LogP contribution >= 0.6 is 0 Å². The van der Waals surface area contributed by atoms with Gasteiger partial charge in [0.25, 0.3) is 0 Å². The molecule has 0 amide bonds. The van der Waals surface area contributed by atoms with Crippen molar-refractivity contribution in [1.29, 1.82) is 0 Å². The van der Waals surface area contributed by atoms with Gasteiger partial charge in [0.15, 0.2) is 0 Å². The van der Waals surface area contributed by atoms with Gasteiger partial charge in [-0.25, -0.2) is 4.18 Å². The fraction of sp³-hybridized carbons (Fsp3) is 1.00. The van der Waals surface area contributed by atoms with E-state index in [-0.39, 0.29) is 18.2 Å². The van der Waals surface area contributed by atoms with E-state index < -0.39 is 10.4 Å². The van der Waals surface area contributed by atoms with Gasteiger partial charge >= 0.3 is 10.4 Å². The molecule has 0 aromatic carbocycles. The van der Waals surface area contributed by atoms with Crippen molar-refractivity contribution < 1.29 is 22.6 Å². The summed E-state index contributed by atoms with van der Waals surface area (Å²) in [5.74, 6) is 0. The summed E-state index contributed by atoms with van der Waals surface area (Å²) in [5.41, 5.74) is 0. The van der Waals surface area contributed by atoms with Gasteiger partial charge in [0, 0.05) is 0 Å². The first-order chi connectivity index (χ1) is 7.06. The Hall–Kier alpha value is -0.210. The molecule has 7 heteroatoms. The average molecular weight is 273 g/mol. The Morgan fingerprint density at radius 3 is 1.76 bits per heavy atom. The smallest absolute Gasteiger partial charge is 0.397 e. The maximum atomic E-state index is 10.2. The van der Waals surface area contributed by atoms with E-state index in [9.17, 15) is 8.42 Å². The topological polar surface area (TPSA) is 130 Å². The van der Waals surface area contributed by atoms with E-state index in [4.69, 9.17) is 4.55 Å². The van der Waals surface area contributed by atoms with Crippen LogP contribution in [0.2, 0.25) is 0 Å². The van der Waals surface area contributed by atoms with Crippen molar-refractivity contribution in [2.75, 3.05) is 6.61 Å². The predicted octanol–water partition coefficient (Wildman–Crippen LogP) is 2.28. The van der Waals surface area contributed by atoms with E-state index in [0.29, 0.717) is 6.42 Å². The molecule has 0 saturated carbocycles. The summed E-state index contributed by atoms with van der Waals surface area (Å²) in [6.45, 7) is 2.28. The lowest BCUT2D eigenvalue weighted by Crippen LogP contribution is -2.04. The molecule has 6 nitrogen and oxygen atoms in total. The van der Waals surface area contributed by atoms with Crippen LogP contribution in [0.1, 0.15) is 58.3 Å². The number of unbranched alkanes of at least 4 members (excludes halogenated alkanes) is 7. The Kier molecular flexibility index (Phi) is 17.9. The third kappa shape index (κ3) is 21.6. The standard InChI is InChI=1S/C10H22O4S.H3N.H2O/c1-2-3-4-5-6-7-8-9-10-14-15(11,12)13;;/h2-10H2,1H3,(H,11,12,13);1H3;1H2. The molecule has 0 aromatic heterocycles. The molecule has 0 aliphatic rings. The number of hydrogen-bond acceptors (Lipinski definition) is 4. The summed E-state index contributed by atoms with van der Waals surface area (Å²) >= 11 is 0. The Bertz CT molecular complexity index is 231. The van der Waals surface area contributed by atoms with Crippen LogP contribution in [0.15, 0.2) is 0 Å². The highest BCUT2D eigenvalue weighted by molar-refractivity contribution is 7.80. The maximum absolute atomic E-state index is 10.2. The fourth-order valence-electron chi connectivity index (χ4n) is 1.40. The van der Waals surface area contributed by atoms with Crippen LogP contribution in [-0.2, 0) is 14.6 Å². The molecule has 108 valence electrons. The van der Waals surface area contributed by atoms with E-state index in [1.54, 1.807) is 0 Å². The molecule has 0 atom stereocenters. The molecule has 0 fully saturated rings. The van der Waals surface area contributed by atoms with Gasteiger partial charge in [-0.05, 0) is 6.42 Å². The zero-order chi connectivity index (χ0) is 11.6. The van der Waals surface area contributed by atoms with E-state index in [2.05, 4.69) is 11.1 Å². The summed E-state index contributed by atoms with van der Waals surface area (Å²) in [5, 5.41) is 0. The molecular formula is C10H27NO5S. The van der Waals surface area contributed by atoms with Crippen LogP contribution < -0.4 is 6.15 Å². The van der Waals surface area contributed by atoms with Crippen LogP contribution in [0.4, 0.5) is 0 Å². The van der Waals surface area contributed by atoms with Crippen LogP contribution in [0.3, 0.4) is 0 Å². The molecule has 0 spiro atoms. The van der Waals surface area contributed by atoms with Gasteiger partial charge in [-0.15, -0.1) is 0 Å². The second-order valence-electron chi connectivity index (χ2n) is 3.72. The number of rotatable bonds is 10. The van der Waals surface area contributed by atoms with Crippen LogP contribution in [0.25, 0.3) is 0 Å². The first kappa shape index (κ1) is 22.0. The molecule has 0 rings (SSSR count). The van der Waals surface area contributed by atoms with Gasteiger partial charge in [0.2, 0.25) is 0 Å². The lowest BCUT2D eigenvalue weighted by Gasteiger charge is -2.01. The average Bonchev–Trinajstić information content (AvgIpc) is 2.14. The second-order valence-corrected chi connectivity index (χ2v) is 4.82. The normalized spacial score (nSPS) is 10.5. The fourth-order valence-corrected chi connectivity index (χ4v) is 1.73. The highest BCUT2D eigenvalue weighted by Crippen LogP contribution is 2.08. The van der Waals surface area contributed by atoms with Gasteiger partial charge in [-0.1, -0.05) is 51.9 Å². The van der Waals surface area contributed by atoms with Gasteiger partial charge in [0.1, 0.15) is 0 Å². The zero-order valence-electron chi connectivity index (χ0n) is 10.7. The molecule has 17 heavy (non-hydrogen) atoms. The van der Waals surface area contributed by atoms with Crippen molar-refractivity contribution in [3.63, 3.8) is 0 Å². The Morgan fingerprint density at radius 1 is 0.941 bits per heavy atom. The van der Waals surface area contributed by atoms with Crippen molar-refractivity contribution in [2.24, 2.45) is 0 Å². The maximum Gasteiger partial charge on any atom is 0.397 e. The third-order valence-corrected chi connectivity index (χ3v) is 2.69. The zero-order valence-corrected chi connectivity index (χ0v) is 11.5. The third-order valence-electron chi connectivity index (χ3n) is 2.23. The predicted molar refractivity (Wildman–Crippen MR) is 68.7 cm³/mol. The minimum atomic E-state index is -4.23. The largest absolute Gasteiger partial charge is 0.412 e. The molecule has 0 aliphatic heterocycles. The van der Waals surface area contributed by atoms with E-state index in [1.807, 2.05) is 0 Å². The lowest BCUT2D eigenvalue weighted by molar-refractivity contribution is 0.261. The molecule has 0 unspecified atom stereocenters. The molecule has 0 bridgehead atoms. The molecule has 0 heterocycles. The molecule has 0 aliphatic carbocycles. The summed E-state index contributed by atoms with van der Waals surface area (Å²) in [6.07, 6.45) is 9.05. The van der Waals surface area contributed by atoms with E-state index in [0.717, 1.165) is 12.8 Å². The summed E-state index contributed by atoms with van der Waals surface area (Å²) in [6, 6.07) is 0. The van der Waals surface area contributed by atoms with Crippen molar-refractivity contribution >= 4 is 10.4 Å². The first-order valence-corrected chi connectivity index (χ1v) is 7.04. The van der Waals surface area contributed by atoms with Crippen LogP contribution in [-0.4, -0.2) is 25.1 Å². The molecule has 0 radical (unpaired) electrons. The van der Waals surface area contributed by atoms with Gasteiger partial charge in [-0.3, -0.25) is 4.55 Å². The summed E-state index contributed by atoms with van der Waals surface area (Å²) in [7, 11) is -4.23. The Morgan fingerprint density at radius 2 is 1.35 bits per heavy atom. The van der Waals surface area contributed by atoms with Crippen molar-refractivity contribution in [2.45, 2.75) is 58.3 Å². The summed E-state index contributed by atoms with van der Waals surface area (Å²) in [4.78, 5) is 0. The molecule has 0 saturated heterocycles. The van der Waals surface area contributed by atoms with Crippen LogP contribution in [0.5, 0.6) is 0 Å². The lowest BCUT2D eigenvalue weighted by atomic mass is 10.1. The first-order valence-electron chi connectivity index (χ1n) is 5.68. The van der Waals surface area contributed by atoms with Gasteiger partial charge in [-0.2, -0.15) is 8.42 Å². The molecular weight excluding hydrogens is 246 g/mol. The quantitative estimate of drug-likeness (QED) is 0.465. The van der Waals surface area contributed by atoms with E-state index in [1.165, 1.54) is 32.1 Å². The molecule has 6 N–H and O–H groups in total. The highest BCUT2D eigenvalue weighted by atomic mass is 32.3. The molecule has 0 aromatic rings. The minimum Gasteiger partial charge on any atom is -0.412 e. The van der Waals surface area contributed by atoms with E-state index >= 15 is 0 Å².